The maximum atomic E-state index is 11.7. The van der Waals surface area contributed by atoms with Crippen molar-refractivity contribution >= 4 is 12.1 Å². The van der Waals surface area contributed by atoms with Crippen LogP contribution in [0.5, 0.6) is 0 Å². The van der Waals surface area contributed by atoms with E-state index in [0.29, 0.717) is 0 Å². The minimum atomic E-state index is -1.07. The van der Waals surface area contributed by atoms with Gasteiger partial charge in [0.15, 0.2) is 0 Å². The Kier molecular flexibility index (Phi) is 5.99. The topological polar surface area (TPSA) is 84.9 Å². The Balaban J connectivity index is 2.44. The molecule has 6 nitrogen and oxygen atoms in total. The number of ether oxygens (including phenoxy) is 2. The third-order valence-electron chi connectivity index (χ3n) is 2.56. The van der Waals surface area contributed by atoms with Gasteiger partial charge in [-0.05, 0) is 12.5 Å². The second-order valence-electron chi connectivity index (χ2n) is 4.69. The van der Waals surface area contributed by atoms with Crippen molar-refractivity contribution in [3.8, 4) is 0 Å². The van der Waals surface area contributed by atoms with E-state index in [1.165, 1.54) is 6.92 Å². The maximum absolute atomic E-state index is 11.7. The number of rotatable bonds is 6. The van der Waals surface area contributed by atoms with Gasteiger partial charge in [0.05, 0.1) is 12.1 Å². The summed E-state index contributed by atoms with van der Waals surface area (Å²) in [6.07, 6.45) is -0.683. The van der Waals surface area contributed by atoms with Crippen LogP contribution >= 0.6 is 0 Å². The Morgan fingerprint density at radius 1 is 1.25 bits per heavy atom. The van der Waals surface area contributed by atoms with Crippen LogP contribution in [0.1, 0.15) is 19.4 Å². The van der Waals surface area contributed by atoms with Crippen molar-refractivity contribution in [3.63, 3.8) is 0 Å². The van der Waals surface area contributed by atoms with E-state index < -0.39 is 17.6 Å². The fourth-order valence-corrected chi connectivity index (χ4v) is 1.39. The van der Waals surface area contributed by atoms with E-state index in [2.05, 4.69) is 5.32 Å². The number of carbonyl (C=O) groups excluding carboxylic acids is 2. The molecule has 0 saturated carbocycles. The summed E-state index contributed by atoms with van der Waals surface area (Å²) in [5, 5.41) is 11.8. The van der Waals surface area contributed by atoms with E-state index in [-0.39, 0.29) is 19.8 Å². The smallest absolute Gasteiger partial charge is 0.408 e. The molecule has 2 N–H and O–H groups in total. The van der Waals surface area contributed by atoms with E-state index in [1.54, 1.807) is 6.92 Å². The molecule has 20 heavy (non-hydrogen) atoms. The number of hydrogen-bond donors (Lipinski definition) is 2. The Bertz CT molecular complexity index is 448. The Hall–Kier alpha value is -2.08. The van der Waals surface area contributed by atoms with Crippen LogP contribution in [-0.4, -0.2) is 35.9 Å². The SMILES string of the molecule is CC(=O)OCC(C)(CO)NC(=O)OCc1ccccc1. The molecule has 0 heterocycles. The zero-order chi connectivity index (χ0) is 15.0. The highest BCUT2D eigenvalue weighted by Crippen LogP contribution is 2.06. The molecule has 0 bridgehead atoms. The summed E-state index contributed by atoms with van der Waals surface area (Å²) in [4.78, 5) is 22.4. The summed E-state index contributed by atoms with van der Waals surface area (Å²) < 4.78 is 9.82. The maximum Gasteiger partial charge on any atom is 0.408 e. The lowest BCUT2D eigenvalue weighted by molar-refractivity contribution is -0.143. The van der Waals surface area contributed by atoms with Gasteiger partial charge in [-0.2, -0.15) is 0 Å². The molecule has 1 aromatic rings. The summed E-state index contributed by atoms with van der Waals surface area (Å²) in [6.45, 7) is 2.44. The zero-order valence-corrected chi connectivity index (χ0v) is 11.6. The first-order chi connectivity index (χ1) is 9.45. The number of aliphatic hydroxyl groups excluding tert-OH is 1. The van der Waals surface area contributed by atoms with Gasteiger partial charge in [0.2, 0.25) is 0 Å². The largest absolute Gasteiger partial charge is 0.463 e. The van der Waals surface area contributed by atoms with Crippen molar-refractivity contribution in [2.75, 3.05) is 13.2 Å². The van der Waals surface area contributed by atoms with Gasteiger partial charge in [-0.1, -0.05) is 30.3 Å². The standard InChI is InChI=1S/C14H19NO5/c1-11(17)20-10-14(2,9-16)15-13(18)19-8-12-6-4-3-5-7-12/h3-7,16H,8-10H2,1-2H3,(H,15,18). The van der Waals surface area contributed by atoms with Gasteiger partial charge >= 0.3 is 12.1 Å². The number of hydrogen-bond acceptors (Lipinski definition) is 5. The van der Waals surface area contributed by atoms with Crippen LogP contribution in [0.15, 0.2) is 30.3 Å². The van der Waals surface area contributed by atoms with E-state index in [1.807, 2.05) is 30.3 Å². The molecule has 1 atom stereocenters. The molecule has 6 heteroatoms. The zero-order valence-electron chi connectivity index (χ0n) is 11.6. The molecule has 1 rings (SSSR count). The Morgan fingerprint density at radius 2 is 1.90 bits per heavy atom. The van der Waals surface area contributed by atoms with E-state index >= 15 is 0 Å². The van der Waals surface area contributed by atoms with Gasteiger partial charge in [0.1, 0.15) is 13.2 Å². The molecule has 0 fully saturated rings. The van der Waals surface area contributed by atoms with Crippen LogP contribution in [0.3, 0.4) is 0 Å². The van der Waals surface area contributed by atoms with Crippen molar-refractivity contribution < 1.29 is 24.2 Å². The number of benzene rings is 1. The van der Waals surface area contributed by atoms with Gasteiger partial charge in [-0.3, -0.25) is 4.79 Å². The van der Waals surface area contributed by atoms with Crippen molar-refractivity contribution in [1.29, 1.82) is 0 Å². The predicted molar refractivity (Wildman–Crippen MR) is 71.9 cm³/mol. The van der Waals surface area contributed by atoms with E-state index in [4.69, 9.17) is 9.47 Å². The van der Waals surface area contributed by atoms with Crippen molar-refractivity contribution in [2.24, 2.45) is 0 Å². The summed E-state index contributed by atoms with van der Waals surface area (Å²) in [5.41, 5.74) is -0.215. The number of carbonyl (C=O) groups is 2. The van der Waals surface area contributed by atoms with Crippen LogP contribution in [-0.2, 0) is 20.9 Å². The molecule has 0 aliphatic carbocycles. The number of alkyl carbamates (subject to hydrolysis) is 1. The van der Waals surface area contributed by atoms with Crippen molar-refractivity contribution in [2.45, 2.75) is 26.0 Å². The summed E-state index contributed by atoms with van der Waals surface area (Å²) in [7, 11) is 0. The molecule has 0 saturated heterocycles. The predicted octanol–water partition coefficient (Wildman–Crippen LogP) is 1.23. The number of amides is 1. The molecule has 0 aliphatic heterocycles. The van der Waals surface area contributed by atoms with Crippen LogP contribution in [0.25, 0.3) is 0 Å². The minimum Gasteiger partial charge on any atom is -0.463 e. The second-order valence-corrected chi connectivity index (χ2v) is 4.69. The summed E-state index contributed by atoms with van der Waals surface area (Å²) >= 11 is 0. The lowest BCUT2D eigenvalue weighted by Crippen LogP contribution is -2.52. The average Bonchev–Trinajstić information content (AvgIpc) is 2.44. The number of aliphatic hydroxyl groups is 1. The normalized spacial score (nSPS) is 13.2. The molecule has 0 radical (unpaired) electrons. The molecule has 1 unspecified atom stereocenters. The molecular formula is C14H19NO5. The van der Waals surface area contributed by atoms with Crippen LogP contribution < -0.4 is 5.32 Å². The quantitative estimate of drug-likeness (QED) is 0.766. The molecular weight excluding hydrogens is 262 g/mol. The fourth-order valence-electron chi connectivity index (χ4n) is 1.39. The van der Waals surface area contributed by atoms with Gasteiger partial charge in [0, 0.05) is 6.92 Å². The minimum absolute atomic E-state index is 0.126. The van der Waals surface area contributed by atoms with E-state index in [0.717, 1.165) is 5.56 Å². The van der Waals surface area contributed by atoms with Crippen molar-refractivity contribution in [3.05, 3.63) is 35.9 Å². The first kappa shape index (κ1) is 16.0. The number of nitrogens with one attached hydrogen (secondary N) is 1. The summed E-state index contributed by atoms with van der Waals surface area (Å²) in [5.74, 6) is -0.482. The highest BCUT2D eigenvalue weighted by atomic mass is 16.6. The number of esters is 1. The highest BCUT2D eigenvalue weighted by molar-refractivity contribution is 5.69. The monoisotopic (exact) mass is 281 g/mol. The van der Waals surface area contributed by atoms with Gasteiger partial charge in [0.25, 0.3) is 0 Å². The Morgan fingerprint density at radius 3 is 2.45 bits per heavy atom. The highest BCUT2D eigenvalue weighted by Gasteiger charge is 2.28. The van der Waals surface area contributed by atoms with Crippen LogP contribution in [0, 0.1) is 0 Å². The van der Waals surface area contributed by atoms with Crippen molar-refractivity contribution in [1.82, 2.24) is 5.32 Å². The lowest BCUT2D eigenvalue weighted by atomic mass is 10.1. The lowest BCUT2D eigenvalue weighted by Gasteiger charge is -2.27. The van der Waals surface area contributed by atoms with Crippen LogP contribution in [0.4, 0.5) is 4.79 Å². The first-order valence-corrected chi connectivity index (χ1v) is 6.18. The summed E-state index contributed by atoms with van der Waals surface area (Å²) in [6, 6.07) is 9.21. The molecule has 0 aliphatic rings. The average molecular weight is 281 g/mol. The van der Waals surface area contributed by atoms with E-state index in [9.17, 15) is 14.7 Å². The second kappa shape index (κ2) is 7.49. The van der Waals surface area contributed by atoms with Gasteiger partial charge < -0.3 is 19.9 Å². The molecule has 110 valence electrons. The van der Waals surface area contributed by atoms with Gasteiger partial charge in [-0.25, -0.2) is 4.79 Å². The fraction of sp³-hybridized carbons (Fsp3) is 0.429. The third-order valence-corrected chi connectivity index (χ3v) is 2.56. The van der Waals surface area contributed by atoms with Crippen LogP contribution in [0.2, 0.25) is 0 Å². The molecule has 0 aromatic heterocycles. The van der Waals surface area contributed by atoms with Gasteiger partial charge in [-0.15, -0.1) is 0 Å². The molecule has 0 spiro atoms. The molecule has 1 aromatic carbocycles. The molecule has 1 amide bonds. The first-order valence-electron chi connectivity index (χ1n) is 6.18. The Labute approximate surface area is 117 Å². The third kappa shape index (κ3) is 5.71.